The SMILES string of the molecule is O=C(O)COc1ccc(/C=N\NC(=O)c2ccc(COc3ccccc3)cc2)cc1. The van der Waals surface area contributed by atoms with Gasteiger partial charge in [-0.2, -0.15) is 5.10 Å². The molecule has 3 rings (SSSR count). The fraction of sp³-hybridized carbons (Fsp3) is 0.0870. The number of nitrogens with zero attached hydrogens (tertiary/aromatic N) is 1. The summed E-state index contributed by atoms with van der Waals surface area (Å²) >= 11 is 0. The van der Waals surface area contributed by atoms with Crippen LogP contribution in [0.5, 0.6) is 11.5 Å². The number of hydrazone groups is 1. The summed E-state index contributed by atoms with van der Waals surface area (Å²) in [5.74, 6) is -0.145. The Kier molecular flexibility index (Phi) is 7.16. The van der Waals surface area contributed by atoms with Crippen LogP contribution in [0.3, 0.4) is 0 Å². The number of carbonyl (C=O) groups is 2. The van der Waals surface area contributed by atoms with Gasteiger partial charge in [-0.1, -0.05) is 30.3 Å². The van der Waals surface area contributed by atoms with E-state index in [-0.39, 0.29) is 5.91 Å². The first-order valence-electron chi connectivity index (χ1n) is 9.15. The first kappa shape index (κ1) is 20.6. The third-order valence-corrected chi connectivity index (χ3v) is 3.99. The first-order chi connectivity index (χ1) is 14.6. The van der Waals surface area contributed by atoms with Gasteiger partial charge in [0, 0.05) is 5.56 Å². The molecule has 2 N–H and O–H groups in total. The molecule has 0 heterocycles. The van der Waals surface area contributed by atoms with E-state index in [1.807, 2.05) is 42.5 Å². The lowest BCUT2D eigenvalue weighted by Crippen LogP contribution is -2.17. The van der Waals surface area contributed by atoms with Crippen molar-refractivity contribution in [2.45, 2.75) is 6.61 Å². The first-order valence-corrected chi connectivity index (χ1v) is 9.15. The summed E-state index contributed by atoms with van der Waals surface area (Å²) < 4.78 is 10.7. The van der Waals surface area contributed by atoms with Crippen LogP contribution >= 0.6 is 0 Å². The van der Waals surface area contributed by atoms with Gasteiger partial charge in [0.25, 0.3) is 5.91 Å². The third kappa shape index (κ3) is 6.49. The summed E-state index contributed by atoms with van der Waals surface area (Å²) in [4.78, 5) is 22.7. The smallest absolute Gasteiger partial charge is 0.341 e. The molecule has 1 amide bonds. The minimum Gasteiger partial charge on any atom is -0.489 e. The number of aliphatic carboxylic acids is 1. The van der Waals surface area contributed by atoms with Crippen LogP contribution in [-0.4, -0.2) is 29.8 Å². The molecule has 7 heteroatoms. The van der Waals surface area contributed by atoms with Crippen molar-refractivity contribution in [1.29, 1.82) is 0 Å². The second-order valence-electron chi connectivity index (χ2n) is 6.25. The zero-order valence-corrected chi connectivity index (χ0v) is 16.0. The van der Waals surface area contributed by atoms with Gasteiger partial charge in [-0.3, -0.25) is 4.79 Å². The fourth-order valence-electron chi connectivity index (χ4n) is 2.46. The molecular weight excluding hydrogens is 384 g/mol. The highest BCUT2D eigenvalue weighted by molar-refractivity contribution is 5.94. The maximum Gasteiger partial charge on any atom is 0.341 e. The van der Waals surface area contributed by atoms with E-state index in [2.05, 4.69) is 10.5 Å². The van der Waals surface area contributed by atoms with Crippen molar-refractivity contribution in [1.82, 2.24) is 5.43 Å². The number of para-hydroxylation sites is 1. The average Bonchev–Trinajstić information content (AvgIpc) is 2.78. The number of carbonyl (C=O) groups excluding carboxylic acids is 1. The molecular formula is C23H20N2O5. The maximum absolute atomic E-state index is 12.2. The Balaban J connectivity index is 1.47. The molecule has 0 saturated heterocycles. The van der Waals surface area contributed by atoms with E-state index >= 15 is 0 Å². The summed E-state index contributed by atoms with van der Waals surface area (Å²) in [6.07, 6.45) is 1.49. The number of carboxylic acids is 1. The number of amides is 1. The minimum absolute atomic E-state index is 0.330. The molecule has 0 fully saturated rings. The highest BCUT2D eigenvalue weighted by Gasteiger charge is 2.04. The van der Waals surface area contributed by atoms with Gasteiger partial charge in [0.1, 0.15) is 18.1 Å². The van der Waals surface area contributed by atoms with Gasteiger partial charge < -0.3 is 14.6 Å². The second kappa shape index (κ2) is 10.4. The number of nitrogens with one attached hydrogen (secondary N) is 1. The van der Waals surface area contributed by atoms with E-state index in [9.17, 15) is 9.59 Å². The van der Waals surface area contributed by atoms with Gasteiger partial charge in [0.2, 0.25) is 0 Å². The van der Waals surface area contributed by atoms with Crippen molar-refractivity contribution in [3.05, 3.63) is 95.6 Å². The molecule has 0 unspecified atom stereocenters. The predicted molar refractivity (Wildman–Crippen MR) is 112 cm³/mol. The summed E-state index contributed by atoms with van der Waals surface area (Å²) in [7, 11) is 0. The summed E-state index contributed by atoms with van der Waals surface area (Å²) in [6, 6.07) is 23.3. The minimum atomic E-state index is -1.04. The number of carboxylic acid groups (broad SMARTS) is 1. The van der Waals surface area contributed by atoms with Gasteiger partial charge in [-0.15, -0.1) is 0 Å². The second-order valence-corrected chi connectivity index (χ2v) is 6.25. The van der Waals surface area contributed by atoms with Crippen molar-refractivity contribution in [3.63, 3.8) is 0 Å². The molecule has 0 spiro atoms. The third-order valence-electron chi connectivity index (χ3n) is 3.99. The molecule has 3 aromatic rings. The van der Waals surface area contributed by atoms with Crippen molar-refractivity contribution >= 4 is 18.1 Å². The van der Waals surface area contributed by atoms with E-state index in [4.69, 9.17) is 14.6 Å². The van der Waals surface area contributed by atoms with Crippen molar-refractivity contribution in [2.24, 2.45) is 5.10 Å². The number of hydrogen-bond acceptors (Lipinski definition) is 5. The van der Waals surface area contributed by atoms with Crippen molar-refractivity contribution in [2.75, 3.05) is 6.61 Å². The number of rotatable bonds is 9. The van der Waals surface area contributed by atoms with E-state index in [1.54, 1.807) is 36.4 Å². The van der Waals surface area contributed by atoms with Crippen LogP contribution in [0.4, 0.5) is 0 Å². The molecule has 0 aromatic heterocycles. The van der Waals surface area contributed by atoms with Gasteiger partial charge in [-0.05, 0) is 59.7 Å². The molecule has 7 nitrogen and oxygen atoms in total. The Hall–Kier alpha value is -4.13. The summed E-state index contributed by atoms with van der Waals surface area (Å²) in [5, 5.41) is 12.5. The van der Waals surface area contributed by atoms with Crippen LogP contribution in [0.2, 0.25) is 0 Å². The van der Waals surface area contributed by atoms with Gasteiger partial charge in [0.15, 0.2) is 6.61 Å². The van der Waals surface area contributed by atoms with Crippen LogP contribution in [0, 0.1) is 0 Å². The monoisotopic (exact) mass is 404 g/mol. The van der Waals surface area contributed by atoms with Crippen LogP contribution in [0.15, 0.2) is 84.0 Å². The Bertz CT molecular complexity index is 1000. The molecule has 30 heavy (non-hydrogen) atoms. The van der Waals surface area contributed by atoms with E-state index in [0.29, 0.717) is 17.9 Å². The molecule has 0 aliphatic carbocycles. The Morgan fingerprint density at radius 3 is 2.20 bits per heavy atom. The highest BCUT2D eigenvalue weighted by Crippen LogP contribution is 2.13. The molecule has 0 radical (unpaired) electrons. The lowest BCUT2D eigenvalue weighted by Gasteiger charge is -2.06. The number of hydrogen-bond donors (Lipinski definition) is 2. The van der Waals surface area contributed by atoms with E-state index in [1.165, 1.54) is 6.21 Å². The quantitative estimate of drug-likeness (QED) is 0.420. The summed E-state index contributed by atoms with van der Waals surface area (Å²) in [5.41, 5.74) is 4.63. The Morgan fingerprint density at radius 1 is 0.867 bits per heavy atom. The van der Waals surface area contributed by atoms with E-state index < -0.39 is 12.6 Å². The topological polar surface area (TPSA) is 97.2 Å². The standard InChI is InChI=1S/C23H20N2O5/c26-22(27)16-30-21-12-8-17(9-13-21)14-24-25-23(28)19-10-6-18(7-11-19)15-29-20-4-2-1-3-5-20/h1-14H,15-16H2,(H,25,28)(H,26,27)/b24-14-. The molecule has 3 aromatic carbocycles. The Morgan fingerprint density at radius 2 is 1.53 bits per heavy atom. The summed E-state index contributed by atoms with van der Waals surface area (Å²) in [6.45, 7) is 0.0108. The molecule has 0 bridgehead atoms. The molecule has 0 aliphatic rings. The number of benzene rings is 3. The largest absolute Gasteiger partial charge is 0.489 e. The zero-order valence-electron chi connectivity index (χ0n) is 16.0. The van der Waals surface area contributed by atoms with Crippen molar-refractivity contribution in [3.8, 4) is 11.5 Å². The van der Waals surface area contributed by atoms with E-state index in [0.717, 1.165) is 16.9 Å². The van der Waals surface area contributed by atoms with Gasteiger partial charge in [0.05, 0.1) is 6.21 Å². The van der Waals surface area contributed by atoms with Crippen molar-refractivity contribution < 1.29 is 24.2 Å². The van der Waals surface area contributed by atoms with Crippen LogP contribution in [0.25, 0.3) is 0 Å². The highest BCUT2D eigenvalue weighted by atomic mass is 16.5. The maximum atomic E-state index is 12.2. The van der Waals surface area contributed by atoms with Gasteiger partial charge in [-0.25, -0.2) is 10.2 Å². The molecule has 0 atom stereocenters. The average molecular weight is 404 g/mol. The zero-order chi connectivity index (χ0) is 21.2. The normalized spacial score (nSPS) is 10.5. The lowest BCUT2D eigenvalue weighted by atomic mass is 10.1. The van der Waals surface area contributed by atoms with Crippen LogP contribution in [-0.2, 0) is 11.4 Å². The van der Waals surface area contributed by atoms with Crippen LogP contribution in [0.1, 0.15) is 21.5 Å². The Labute approximate surface area is 173 Å². The predicted octanol–water partition coefficient (Wildman–Crippen LogP) is 3.49. The molecule has 0 aliphatic heterocycles. The van der Waals surface area contributed by atoms with Gasteiger partial charge >= 0.3 is 5.97 Å². The van der Waals surface area contributed by atoms with Crippen LogP contribution < -0.4 is 14.9 Å². The number of ether oxygens (including phenoxy) is 2. The lowest BCUT2D eigenvalue weighted by molar-refractivity contribution is -0.139. The fourth-order valence-corrected chi connectivity index (χ4v) is 2.46. The molecule has 0 saturated carbocycles. The molecule has 152 valence electrons.